The topological polar surface area (TPSA) is 59.8 Å². The molecule has 0 saturated heterocycles. The highest BCUT2D eigenvalue weighted by Crippen LogP contribution is 2.30. The number of nitrogens with zero attached hydrogens (tertiary/aromatic N) is 3. The molecule has 0 spiro atoms. The van der Waals surface area contributed by atoms with Crippen molar-refractivity contribution in [1.82, 2.24) is 14.8 Å². The molecular weight excluding hydrogens is 386 g/mol. The number of nitrogens with one attached hydrogen (secondary N) is 1. The van der Waals surface area contributed by atoms with Crippen molar-refractivity contribution in [2.45, 2.75) is 6.92 Å². The van der Waals surface area contributed by atoms with Gasteiger partial charge in [-0.25, -0.2) is 18.4 Å². The molecule has 8 heteroatoms. The second-order valence-corrected chi connectivity index (χ2v) is 6.47. The summed E-state index contributed by atoms with van der Waals surface area (Å²) in [4.78, 5) is 16.9. The zero-order valence-corrected chi connectivity index (χ0v) is 15.3. The first kappa shape index (κ1) is 18.1. The van der Waals surface area contributed by atoms with Crippen molar-refractivity contribution in [3.05, 3.63) is 82.6 Å². The van der Waals surface area contributed by atoms with Crippen molar-refractivity contribution >= 4 is 34.2 Å². The Hall–Kier alpha value is -3.32. The fourth-order valence-electron chi connectivity index (χ4n) is 2.90. The van der Waals surface area contributed by atoms with Gasteiger partial charge in [0.15, 0.2) is 5.65 Å². The molecule has 0 aliphatic carbocycles. The lowest BCUT2D eigenvalue weighted by molar-refractivity contribution is 0.102. The molecule has 2 aromatic carbocycles. The summed E-state index contributed by atoms with van der Waals surface area (Å²) in [5, 5.41) is 7.43. The van der Waals surface area contributed by atoms with Crippen LogP contribution in [0.5, 0.6) is 0 Å². The standard InChI is InChI=1S/C20H13ClF2N4O/c1-11-17-18(21)14(20(28)25-16-9-12(22)7-8-15(16)23)10-24-19(17)27(26-11)13-5-3-2-4-6-13/h2-10H,1H3,(H,25,28). The van der Waals surface area contributed by atoms with Gasteiger partial charge in [0.1, 0.15) is 11.6 Å². The summed E-state index contributed by atoms with van der Waals surface area (Å²) in [6.07, 6.45) is 1.29. The minimum atomic E-state index is -0.756. The number of benzene rings is 2. The van der Waals surface area contributed by atoms with E-state index in [0.29, 0.717) is 16.7 Å². The number of para-hydroxylation sites is 1. The van der Waals surface area contributed by atoms with Crippen LogP contribution in [0.4, 0.5) is 14.5 Å². The van der Waals surface area contributed by atoms with Crippen LogP contribution in [-0.4, -0.2) is 20.7 Å². The normalized spacial score (nSPS) is 11.0. The summed E-state index contributed by atoms with van der Waals surface area (Å²) in [6, 6.07) is 12.2. The molecule has 0 aliphatic heterocycles. The highest BCUT2D eigenvalue weighted by molar-refractivity contribution is 6.39. The molecule has 0 radical (unpaired) electrons. The molecule has 0 saturated carbocycles. The molecule has 4 rings (SSSR count). The average molecular weight is 399 g/mol. The molecule has 0 unspecified atom stereocenters. The number of hydrogen-bond donors (Lipinski definition) is 1. The summed E-state index contributed by atoms with van der Waals surface area (Å²) in [5.41, 5.74) is 1.62. The van der Waals surface area contributed by atoms with Gasteiger partial charge in [-0.05, 0) is 31.2 Å². The van der Waals surface area contributed by atoms with E-state index in [4.69, 9.17) is 11.6 Å². The zero-order chi connectivity index (χ0) is 19.8. The lowest BCUT2D eigenvalue weighted by Gasteiger charge is -2.09. The molecule has 4 aromatic rings. The molecule has 2 heterocycles. The van der Waals surface area contributed by atoms with E-state index in [-0.39, 0.29) is 16.3 Å². The van der Waals surface area contributed by atoms with Crippen molar-refractivity contribution in [2.24, 2.45) is 0 Å². The van der Waals surface area contributed by atoms with Gasteiger partial charge >= 0.3 is 0 Å². The van der Waals surface area contributed by atoms with Gasteiger partial charge in [-0.3, -0.25) is 4.79 Å². The summed E-state index contributed by atoms with van der Waals surface area (Å²) in [6.45, 7) is 1.75. The van der Waals surface area contributed by atoms with Gasteiger partial charge in [-0.2, -0.15) is 5.10 Å². The number of hydrogen-bond acceptors (Lipinski definition) is 3. The van der Waals surface area contributed by atoms with Crippen LogP contribution in [0.3, 0.4) is 0 Å². The highest BCUT2D eigenvalue weighted by atomic mass is 35.5. The van der Waals surface area contributed by atoms with E-state index in [1.807, 2.05) is 30.3 Å². The monoisotopic (exact) mass is 398 g/mol. The lowest BCUT2D eigenvalue weighted by atomic mass is 10.2. The predicted molar refractivity (Wildman–Crippen MR) is 103 cm³/mol. The molecule has 5 nitrogen and oxygen atoms in total. The fraction of sp³-hybridized carbons (Fsp3) is 0.0500. The molecular formula is C20H13ClF2N4O. The number of fused-ring (bicyclic) bond motifs is 1. The Morgan fingerprint density at radius 1 is 1.14 bits per heavy atom. The van der Waals surface area contributed by atoms with Crippen LogP contribution in [0.25, 0.3) is 16.7 Å². The molecule has 1 N–H and O–H groups in total. The van der Waals surface area contributed by atoms with Gasteiger partial charge in [0.05, 0.1) is 33.0 Å². The second-order valence-electron chi connectivity index (χ2n) is 6.10. The Bertz CT molecular complexity index is 1210. The molecule has 140 valence electrons. The third-order valence-electron chi connectivity index (χ3n) is 4.23. The van der Waals surface area contributed by atoms with E-state index in [0.717, 1.165) is 23.9 Å². The smallest absolute Gasteiger partial charge is 0.258 e. The third kappa shape index (κ3) is 3.10. The van der Waals surface area contributed by atoms with Crippen molar-refractivity contribution in [3.8, 4) is 5.69 Å². The van der Waals surface area contributed by atoms with Gasteiger partial charge < -0.3 is 5.32 Å². The van der Waals surface area contributed by atoms with E-state index in [2.05, 4.69) is 15.4 Å². The molecule has 0 atom stereocenters. The number of aryl methyl sites for hydroxylation is 1. The largest absolute Gasteiger partial charge is 0.319 e. The first-order valence-electron chi connectivity index (χ1n) is 8.31. The number of carbonyl (C=O) groups is 1. The maximum atomic E-state index is 13.8. The first-order valence-corrected chi connectivity index (χ1v) is 8.69. The van der Waals surface area contributed by atoms with Crippen LogP contribution < -0.4 is 5.32 Å². The van der Waals surface area contributed by atoms with Gasteiger partial charge in [0.25, 0.3) is 5.91 Å². The third-order valence-corrected chi connectivity index (χ3v) is 4.62. The predicted octanol–water partition coefficient (Wildman–Crippen LogP) is 4.91. The van der Waals surface area contributed by atoms with Crippen molar-refractivity contribution in [2.75, 3.05) is 5.32 Å². The average Bonchev–Trinajstić information content (AvgIpc) is 3.03. The number of carbonyl (C=O) groups excluding carboxylic acids is 1. The van der Waals surface area contributed by atoms with Gasteiger partial charge in [-0.1, -0.05) is 29.8 Å². The van der Waals surface area contributed by atoms with E-state index in [9.17, 15) is 13.6 Å². The lowest BCUT2D eigenvalue weighted by Crippen LogP contribution is -2.14. The number of rotatable bonds is 3. The van der Waals surface area contributed by atoms with E-state index in [1.54, 1.807) is 11.6 Å². The minimum absolute atomic E-state index is 0.0357. The highest BCUT2D eigenvalue weighted by Gasteiger charge is 2.20. The summed E-state index contributed by atoms with van der Waals surface area (Å²) < 4.78 is 28.8. The van der Waals surface area contributed by atoms with E-state index >= 15 is 0 Å². The summed E-state index contributed by atoms with van der Waals surface area (Å²) in [7, 11) is 0. The maximum Gasteiger partial charge on any atom is 0.258 e. The van der Waals surface area contributed by atoms with Crippen LogP contribution >= 0.6 is 11.6 Å². The van der Waals surface area contributed by atoms with Crippen LogP contribution in [0.2, 0.25) is 5.02 Å². The Kier molecular flexibility index (Phi) is 4.52. The number of pyridine rings is 1. The molecule has 0 aliphatic rings. The van der Waals surface area contributed by atoms with Crippen molar-refractivity contribution in [3.63, 3.8) is 0 Å². The number of anilines is 1. The zero-order valence-electron chi connectivity index (χ0n) is 14.6. The van der Waals surface area contributed by atoms with E-state index in [1.165, 1.54) is 6.20 Å². The van der Waals surface area contributed by atoms with Gasteiger partial charge in [-0.15, -0.1) is 0 Å². The molecule has 0 fully saturated rings. The van der Waals surface area contributed by atoms with Crippen LogP contribution in [0, 0.1) is 18.6 Å². The van der Waals surface area contributed by atoms with Crippen molar-refractivity contribution < 1.29 is 13.6 Å². The molecule has 0 bridgehead atoms. The summed E-state index contributed by atoms with van der Waals surface area (Å²) >= 11 is 6.46. The van der Waals surface area contributed by atoms with Crippen LogP contribution in [0.1, 0.15) is 16.1 Å². The SMILES string of the molecule is Cc1nn(-c2ccccc2)c2ncc(C(=O)Nc3cc(F)ccc3F)c(Cl)c12. The van der Waals surface area contributed by atoms with E-state index < -0.39 is 17.5 Å². The molecule has 28 heavy (non-hydrogen) atoms. The Labute approximate surface area is 163 Å². The Morgan fingerprint density at radius 3 is 2.64 bits per heavy atom. The second kappa shape index (κ2) is 7.01. The Morgan fingerprint density at radius 2 is 1.89 bits per heavy atom. The number of amides is 1. The quantitative estimate of drug-likeness (QED) is 0.533. The first-order chi connectivity index (χ1) is 13.5. The van der Waals surface area contributed by atoms with Crippen LogP contribution in [-0.2, 0) is 0 Å². The fourth-order valence-corrected chi connectivity index (χ4v) is 3.25. The summed E-state index contributed by atoms with van der Waals surface area (Å²) in [5.74, 6) is -2.12. The Balaban J connectivity index is 1.77. The van der Waals surface area contributed by atoms with Crippen molar-refractivity contribution in [1.29, 1.82) is 0 Å². The van der Waals surface area contributed by atoms with Crippen LogP contribution in [0.15, 0.2) is 54.7 Å². The van der Waals surface area contributed by atoms with Gasteiger partial charge in [0.2, 0.25) is 0 Å². The number of aromatic nitrogens is 3. The molecule has 1 amide bonds. The maximum absolute atomic E-state index is 13.8. The minimum Gasteiger partial charge on any atom is -0.319 e. The number of halogens is 3. The molecule has 2 aromatic heterocycles. The van der Waals surface area contributed by atoms with Gasteiger partial charge in [0, 0.05) is 12.3 Å².